The number of rotatable bonds is 9. The highest BCUT2D eigenvalue weighted by Crippen LogP contribution is 2.58. The summed E-state index contributed by atoms with van der Waals surface area (Å²) in [6, 6.07) is 6.64. The van der Waals surface area contributed by atoms with Gasteiger partial charge >= 0.3 is 5.97 Å². The third-order valence-electron chi connectivity index (χ3n) is 7.34. The number of carbonyl (C=O) groups is 3. The molecule has 33 heavy (non-hydrogen) atoms. The van der Waals surface area contributed by atoms with Crippen LogP contribution in [-0.2, 0) is 23.9 Å². The van der Waals surface area contributed by atoms with Gasteiger partial charge in [-0.3, -0.25) is 19.3 Å². The topological polar surface area (TPSA) is 134 Å². The van der Waals surface area contributed by atoms with E-state index in [1.807, 2.05) is 0 Å². The van der Waals surface area contributed by atoms with Gasteiger partial charge in [-0.2, -0.15) is 0 Å². The molecule has 1 aromatic carbocycles. The number of carboxylic acid groups (broad SMARTS) is 1. The molecule has 1 aliphatic carbocycles. The molecule has 180 valence electrons. The van der Waals surface area contributed by atoms with Gasteiger partial charge in [0.15, 0.2) is 5.79 Å². The maximum atomic E-state index is 13.3. The molecule has 0 spiro atoms. The Balaban J connectivity index is 1.54. The minimum atomic E-state index is -1.61. The second-order valence-electron chi connectivity index (χ2n) is 9.35. The van der Waals surface area contributed by atoms with E-state index < -0.39 is 41.5 Å². The molecule has 4 rings (SSSR count). The number of ether oxygens (including phenoxy) is 2. The molecule has 2 heterocycles. The van der Waals surface area contributed by atoms with E-state index in [9.17, 15) is 24.6 Å². The molecular weight excluding hydrogens is 430 g/mol. The van der Waals surface area contributed by atoms with Gasteiger partial charge in [-0.1, -0.05) is 18.6 Å². The van der Waals surface area contributed by atoms with E-state index in [0.717, 1.165) is 0 Å². The first-order valence-corrected chi connectivity index (χ1v) is 11.5. The summed E-state index contributed by atoms with van der Waals surface area (Å²) in [5, 5.41) is 30.3. The Morgan fingerprint density at radius 3 is 2.70 bits per heavy atom. The molecule has 0 aromatic heterocycles. The summed E-state index contributed by atoms with van der Waals surface area (Å²) in [7, 11) is 1.52. The standard InChI is InChI=1S/C24H31NO8/c1-32-13-15-11-17-21(23(30)25(22(17)29)9-4-2-3-8-20(27)28)18-12-19(33-24(15,18)31)14-6-5-7-16(26)10-14/h5-7,10,15,17-19,21,26,31H,2-4,8-9,11-13H2,1H3,(H,27,28)/t15-,17+,18+,19+,21+,24-/m1/s1. The average molecular weight is 462 g/mol. The second-order valence-corrected chi connectivity index (χ2v) is 9.35. The van der Waals surface area contributed by atoms with Crippen LogP contribution in [-0.4, -0.2) is 64.1 Å². The zero-order valence-corrected chi connectivity index (χ0v) is 18.7. The van der Waals surface area contributed by atoms with Crippen LogP contribution in [0, 0.1) is 23.7 Å². The van der Waals surface area contributed by atoms with Crippen molar-refractivity contribution in [1.29, 1.82) is 0 Å². The third kappa shape index (κ3) is 4.37. The predicted octanol–water partition coefficient (Wildman–Crippen LogP) is 2.07. The number of phenolic OH excluding ortho intramolecular Hbond substituents is 1. The van der Waals surface area contributed by atoms with Crippen LogP contribution >= 0.6 is 0 Å². The summed E-state index contributed by atoms with van der Waals surface area (Å²) < 4.78 is 11.5. The van der Waals surface area contributed by atoms with Crippen molar-refractivity contribution in [3.63, 3.8) is 0 Å². The summed E-state index contributed by atoms with van der Waals surface area (Å²) in [6.45, 7) is 0.445. The van der Waals surface area contributed by atoms with Crippen LogP contribution in [0.4, 0.5) is 0 Å². The zero-order chi connectivity index (χ0) is 23.8. The van der Waals surface area contributed by atoms with Crippen LogP contribution in [0.3, 0.4) is 0 Å². The fourth-order valence-electron chi connectivity index (χ4n) is 5.82. The van der Waals surface area contributed by atoms with Crippen molar-refractivity contribution in [2.75, 3.05) is 20.3 Å². The smallest absolute Gasteiger partial charge is 0.303 e. The Labute approximate surface area is 192 Å². The van der Waals surface area contributed by atoms with Crippen molar-refractivity contribution in [2.45, 2.75) is 50.4 Å². The number of imide groups is 1. The summed E-state index contributed by atoms with van der Waals surface area (Å²) in [5.41, 5.74) is 0.706. The molecule has 2 aliphatic heterocycles. The lowest BCUT2D eigenvalue weighted by molar-refractivity contribution is -0.275. The molecule has 1 aromatic rings. The molecule has 3 aliphatic rings. The van der Waals surface area contributed by atoms with E-state index in [2.05, 4.69) is 0 Å². The van der Waals surface area contributed by atoms with Crippen molar-refractivity contribution in [2.24, 2.45) is 23.7 Å². The number of amides is 2. The number of hydrogen-bond acceptors (Lipinski definition) is 7. The normalized spacial score (nSPS) is 33.3. The van der Waals surface area contributed by atoms with Gasteiger partial charge in [0.1, 0.15) is 5.75 Å². The van der Waals surface area contributed by atoms with Gasteiger partial charge in [0, 0.05) is 31.9 Å². The lowest BCUT2D eigenvalue weighted by atomic mass is 9.64. The minimum Gasteiger partial charge on any atom is -0.508 e. The molecule has 3 N–H and O–H groups in total. The number of phenols is 1. The first-order chi connectivity index (χ1) is 15.8. The van der Waals surface area contributed by atoms with Gasteiger partial charge < -0.3 is 24.8 Å². The van der Waals surface area contributed by atoms with Crippen LogP contribution in [0.25, 0.3) is 0 Å². The van der Waals surface area contributed by atoms with Crippen LogP contribution in [0.15, 0.2) is 24.3 Å². The number of carboxylic acids is 1. The van der Waals surface area contributed by atoms with Gasteiger partial charge in [0.25, 0.3) is 0 Å². The number of unbranched alkanes of at least 4 members (excludes halogenated alkanes) is 2. The van der Waals surface area contributed by atoms with Crippen molar-refractivity contribution >= 4 is 17.8 Å². The van der Waals surface area contributed by atoms with E-state index in [0.29, 0.717) is 37.7 Å². The first kappa shape index (κ1) is 23.7. The van der Waals surface area contributed by atoms with Gasteiger partial charge in [0.05, 0.1) is 24.5 Å². The molecule has 9 heteroatoms. The lowest BCUT2D eigenvalue weighted by Gasteiger charge is -2.44. The molecule has 0 radical (unpaired) electrons. The van der Waals surface area contributed by atoms with Gasteiger partial charge in [0.2, 0.25) is 11.8 Å². The Bertz CT molecular complexity index is 919. The summed E-state index contributed by atoms with van der Waals surface area (Å²) >= 11 is 0. The highest BCUT2D eigenvalue weighted by Gasteiger charge is 2.66. The second kappa shape index (κ2) is 9.40. The SMILES string of the molecule is COC[C@H]1C[C@@H]2C(=O)N(CCCCCC(=O)O)C(=O)[C@@H]2[C@@H]2C[C@@H](c3cccc(O)c3)O[C@]12O. The summed E-state index contributed by atoms with van der Waals surface area (Å²) in [4.78, 5) is 38.5. The average Bonchev–Trinajstić information content (AvgIpc) is 3.24. The number of methoxy groups -OCH3 is 1. The van der Waals surface area contributed by atoms with E-state index >= 15 is 0 Å². The fourth-order valence-corrected chi connectivity index (χ4v) is 5.82. The monoisotopic (exact) mass is 461 g/mol. The molecular formula is C24H31NO8. The number of nitrogens with zero attached hydrogens (tertiary/aromatic N) is 1. The maximum absolute atomic E-state index is 13.3. The maximum Gasteiger partial charge on any atom is 0.303 e. The quantitative estimate of drug-likeness (QED) is 0.376. The highest BCUT2D eigenvalue weighted by molar-refractivity contribution is 6.05. The van der Waals surface area contributed by atoms with Gasteiger partial charge in [-0.25, -0.2) is 0 Å². The lowest BCUT2D eigenvalue weighted by Crippen LogP contribution is -2.54. The number of carbonyl (C=O) groups excluding carboxylic acids is 2. The molecule has 6 atom stereocenters. The Hall–Kier alpha value is -2.49. The van der Waals surface area contributed by atoms with Crippen molar-refractivity contribution in [1.82, 2.24) is 4.90 Å². The van der Waals surface area contributed by atoms with Crippen molar-refractivity contribution in [3.8, 4) is 5.75 Å². The van der Waals surface area contributed by atoms with Gasteiger partial charge in [-0.05, 0) is 43.4 Å². The van der Waals surface area contributed by atoms with Crippen LogP contribution in [0.1, 0.15) is 50.2 Å². The van der Waals surface area contributed by atoms with E-state index in [4.69, 9.17) is 14.6 Å². The molecule has 9 nitrogen and oxygen atoms in total. The number of aliphatic carboxylic acids is 1. The Morgan fingerprint density at radius 1 is 1.21 bits per heavy atom. The number of aromatic hydroxyl groups is 1. The number of likely N-dealkylation sites (tertiary alicyclic amines) is 1. The number of hydrogen-bond donors (Lipinski definition) is 3. The predicted molar refractivity (Wildman–Crippen MR) is 115 cm³/mol. The number of fused-ring (bicyclic) bond motifs is 3. The molecule has 2 amide bonds. The van der Waals surface area contributed by atoms with Crippen LogP contribution in [0.2, 0.25) is 0 Å². The van der Waals surface area contributed by atoms with Gasteiger partial charge in [-0.15, -0.1) is 0 Å². The molecule has 2 saturated heterocycles. The Morgan fingerprint density at radius 2 is 2.00 bits per heavy atom. The molecule has 0 bridgehead atoms. The van der Waals surface area contributed by atoms with E-state index in [1.54, 1.807) is 24.3 Å². The van der Waals surface area contributed by atoms with Crippen molar-refractivity contribution in [3.05, 3.63) is 29.8 Å². The fraction of sp³-hybridized carbons (Fsp3) is 0.625. The van der Waals surface area contributed by atoms with Crippen LogP contribution in [0.5, 0.6) is 5.75 Å². The Kier molecular flexibility index (Phi) is 6.74. The van der Waals surface area contributed by atoms with Crippen molar-refractivity contribution < 1.29 is 39.2 Å². The molecule has 0 unspecified atom stereocenters. The molecule has 3 fully saturated rings. The summed E-state index contributed by atoms with van der Waals surface area (Å²) in [5.74, 6) is -5.15. The number of aliphatic hydroxyl groups is 1. The largest absolute Gasteiger partial charge is 0.508 e. The summed E-state index contributed by atoms with van der Waals surface area (Å²) in [6.07, 6.45) is 1.85. The number of benzene rings is 1. The minimum absolute atomic E-state index is 0.0642. The third-order valence-corrected chi connectivity index (χ3v) is 7.34. The molecule has 1 saturated carbocycles. The highest BCUT2D eigenvalue weighted by atomic mass is 16.6. The van der Waals surface area contributed by atoms with Crippen LogP contribution < -0.4 is 0 Å². The van der Waals surface area contributed by atoms with E-state index in [-0.39, 0.29) is 37.1 Å². The van der Waals surface area contributed by atoms with E-state index in [1.165, 1.54) is 12.0 Å². The first-order valence-electron chi connectivity index (χ1n) is 11.5. The zero-order valence-electron chi connectivity index (χ0n) is 18.7.